The van der Waals surface area contributed by atoms with Gasteiger partial charge in [-0.25, -0.2) is 9.78 Å². The van der Waals surface area contributed by atoms with Crippen LogP contribution in [0.4, 0.5) is 22.0 Å². The summed E-state index contributed by atoms with van der Waals surface area (Å²) in [6, 6.07) is 13.4. The number of hydrogen-bond donors (Lipinski definition) is 3. The Kier molecular flexibility index (Phi) is 5.66. The van der Waals surface area contributed by atoms with E-state index in [1.807, 2.05) is 42.5 Å². The molecule has 1 aliphatic rings. The highest BCUT2D eigenvalue weighted by molar-refractivity contribution is 5.99. The van der Waals surface area contributed by atoms with Gasteiger partial charge in [0.1, 0.15) is 5.82 Å². The molecule has 0 unspecified atom stereocenters. The Labute approximate surface area is 142 Å². The molecule has 5 heteroatoms. The molecule has 3 N–H and O–H groups in total. The van der Waals surface area contributed by atoms with E-state index in [9.17, 15) is 4.79 Å². The first-order valence-corrected chi connectivity index (χ1v) is 8.65. The number of nitrogens with zero attached hydrogens (tertiary/aromatic N) is 1. The Bertz CT molecular complexity index is 634. The molecule has 0 aliphatic heterocycles. The van der Waals surface area contributed by atoms with E-state index in [0.717, 1.165) is 11.4 Å². The standard InChI is InChI=1S/C19H24N4O/c24-19(22-16-10-6-3-7-11-16)23-18-13-12-17(14-20-18)21-15-8-4-1-2-5-9-15/h3,6-7,10-15,21H,1-2,4-5,8-9H2,(H2,20,22,23,24). The number of para-hydroxylation sites is 1. The molecule has 3 rings (SSSR count). The topological polar surface area (TPSA) is 66.1 Å². The van der Waals surface area contributed by atoms with Crippen molar-refractivity contribution in [3.63, 3.8) is 0 Å². The predicted octanol–water partition coefficient (Wildman–Crippen LogP) is 4.86. The summed E-state index contributed by atoms with van der Waals surface area (Å²) in [5, 5.41) is 9.06. The number of anilines is 3. The molecule has 24 heavy (non-hydrogen) atoms. The second-order valence-electron chi connectivity index (χ2n) is 6.21. The molecule has 2 aromatic rings. The SMILES string of the molecule is O=C(Nc1ccccc1)Nc1ccc(NC2CCCCCC2)cn1. The fourth-order valence-electron chi connectivity index (χ4n) is 3.01. The number of hydrogen-bond acceptors (Lipinski definition) is 3. The third kappa shape index (κ3) is 4.98. The van der Waals surface area contributed by atoms with E-state index in [0.29, 0.717) is 11.9 Å². The third-order valence-corrected chi connectivity index (χ3v) is 4.26. The molecule has 5 nitrogen and oxygen atoms in total. The van der Waals surface area contributed by atoms with Gasteiger partial charge in [0.25, 0.3) is 0 Å². The molecule has 1 saturated carbocycles. The van der Waals surface area contributed by atoms with E-state index in [1.165, 1.54) is 38.5 Å². The van der Waals surface area contributed by atoms with Gasteiger partial charge in [-0.3, -0.25) is 5.32 Å². The zero-order valence-electron chi connectivity index (χ0n) is 13.8. The summed E-state index contributed by atoms with van der Waals surface area (Å²) >= 11 is 0. The van der Waals surface area contributed by atoms with E-state index < -0.39 is 0 Å². The number of rotatable bonds is 4. The zero-order chi connectivity index (χ0) is 16.6. The summed E-state index contributed by atoms with van der Waals surface area (Å²) in [7, 11) is 0. The minimum atomic E-state index is -0.293. The Morgan fingerprint density at radius 3 is 2.29 bits per heavy atom. The van der Waals surface area contributed by atoms with Crippen molar-refractivity contribution in [1.29, 1.82) is 0 Å². The van der Waals surface area contributed by atoms with Crippen molar-refractivity contribution in [1.82, 2.24) is 4.98 Å². The molecular weight excluding hydrogens is 300 g/mol. The highest BCUT2D eigenvalue weighted by Gasteiger charge is 2.12. The highest BCUT2D eigenvalue weighted by Crippen LogP contribution is 2.21. The molecule has 1 aliphatic carbocycles. The van der Waals surface area contributed by atoms with E-state index in [2.05, 4.69) is 20.9 Å². The van der Waals surface area contributed by atoms with Gasteiger partial charge in [0.2, 0.25) is 0 Å². The first-order valence-electron chi connectivity index (χ1n) is 8.65. The lowest BCUT2D eigenvalue weighted by atomic mass is 10.1. The van der Waals surface area contributed by atoms with Gasteiger partial charge in [-0.15, -0.1) is 0 Å². The van der Waals surface area contributed by atoms with Crippen LogP contribution in [0.5, 0.6) is 0 Å². The van der Waals surface area contributed by atoms with Gasteiger partial charge in [-0.05, 0) is 37.1 Å². The molecule has 1 heterocycles. The van der Waals surface area contributed by atoms with Crippen molar-refractivity contribution >= 4 is 23.2 Å². The largest absolute Gasteiger partial charge is 0.381 e. The maximum absolute atomic E-state index is 11.9. The minimum absolute atomic E-state index is 0.293. The van der Waals surface area contributed by atoms with Gasteiger partial charge in [0, 0.05) is 11.7 Å². The summed E-state index contributed by atoms with van der Waals surface area (Å²) in [5.41, 5.74) is 1.76. The van der Waals surface area contributed by atoms with Gasteiger partial charge in [0.15, 0.2) is 0 Å². The highest BCUT2D eigenvalue weighted by atomic mass is 16.2. The summed E-state index contributed by atoms with van der Waals surface area (Å²) < 4.78 is 0. The molecule has 0 saturated heterocycles. The second kappa shape index (κ2) is 8.34. The monoisotopic (exact) mass is 324 g/mol. The van der Waals surface area contributed by atoms with E-state index in [4.69, 9.17) is 0 Å². The lowest BCUT2D eigenvalue weighted by Gasteiger charge is -2.17. The average Bonchev–Trinajstić information content (AvgIpc) is 2.86. The lowest BCUT2D eigenvalue weighted by molar-refractivity contribution is 0.262. The fraction of sp³-hybridized carbons (Fsp3) is 0.368. The number of pyridine rings is 1. The van der Waals surface area contributed by atoms with Crippen molar-refractivity contribution < 1.29 is 4.79 Å². The van der Waals surface area contributed by atoms with E-state index in [-0.39, 0.29) is 6.03 Å². The Hall–Kier alpha value is -2.56. The number of carbonyl (C=O) groups is 1. The number of carbonyl (C=O) groups excluding carboxylic acids is 1. The zero-order valence-corrected chi connectivity index (χ0v) is 13.8. The molecule has 1 aromatic heterocycles. The van der Waals surface area contributed by atoms with Crippen LogP contribution >= 0.6 is 0 Å². The molecule has 2 amide bonds. The van der Waals surface area contributed by atoms with Crippen LogP contribution in [0, 0.1) is 0 Å². The average molecular weight is 324 g/mol. The van der Waals surface area contributed by atoms with Crippen molar-refractivity contribution in [2.45, 2.75) is 44.6 Å². The van der Waals surface area contributed by atoms with E-state index in [1.54, 1.807) is 6.20 Å². The number of benzene rings is 1. The van der Waals surface area contributed by atoms with Gasteiger partial charge in [-0.2, -0.15) is 0 Å². The molecule has 0 spiro atoms. The van der Waals surface area contributed by atoms with E-state index >= 15 is 0 Å². The first-order chi connectivity index (χ1) is 11.8. The normalized spacial score (nSPS) is 15.3. The lowest BCUT2D eigenvalue weighted by Crippen LogP contribution is -2.20. The Morgan fingerprint density at radius 2 is 1.62 bits per heavy atom. The molecule has 0 atom stereocenters. The van der Waals surface area contributed by atoms with Gasteiger partial charge in [-0.1, -0.05) is 43.9 Å². The molecule has 1 aromatic carbocycles. The first kappa shape index (κ1) is 16.3. The van der Waals surface area contributed by atoms with Crippen molar-refractivity contribution in [3.8, 4) is 0 Å². The summed E-state index contributed by atoms with van der Waals surface area (Å²) in [4.78, 5) is 16.3. The maximum atomic E-state index is 11.9. The number of aromatic nitrogens is 1. The molecule has 1 fully saturated rings. The van der Waals surface area contributed by atoms with Crippen LogP contribution in [0.2, 0.25) is 0 Å². The maximum Gasteiger partial charge on any atom is 0.324 e. The van der Waals surface area contributed by atoms with Gasteiger partial charge < -0.3 is 10.6 Å². The number of nitrogens with one attached hydrogen (secondary N) is 3. The van der Waals surface area contributed by atoms with Crippen LogP contribution in [0.1, 0.15) is 38.5 Å². The van der Waals surface area contributed by atoms with Crippen LogP contribution in [-0.4, -0.2) is 17.1 Å². The molecular formula is C19H24N4O. The van der Waals surface area contributed by atoms with Crippen LogP contribution in [0.15, 0.2) is 48.7 Å². The molecule has 0 radical (unpaired) electrons. The number of amides is 2. The molecule has 0 bridgehead atoms. The van der Waals surface area contributed by atoms with Crippen LogP contribution in [0.25, 0.3) is 0 Å². The Balaban J connectivity index is 1.51. The van der Waals surface area contributed by atoms with Crippen LogP contribution in [-0.2, 0) is 0 Å². The second-order valence-corrected chi connectivity index (χ2v) is 6.21. The number of urea groups is 1. The Morgan fingerprint density at radius 1 is 0.875 bits per heavy atom. The van der Waals surface area contributed by atoms with Gasteiger partial charge >= 0.3 is 6.03 Å². The summed E-state index contributed by atoms with van der Waals surface area (Å²) in [6.07, 6.45) is 9.50. The van der Waals surface area contributed by atoms with Crippen molar-refractivity contribution in [3.05, 3.63) is 48.7 Å². The smallest absolute Gasteiger partial charge is 0.324 e. The molecule has 126 valence electrons. The summed E-state index contributed by atoms with van der Waals surface area (Å²) in [6.45, 7) is 0. The van der Waals surface area contributed by atoms with Gasteiger partial charge in [0.05, 0.1) is 11.9 Å². The van der Waals surface area contributed by atoms with Crippen molar-refractivity contribution in [2.24, 2.45) is 0 Å². The summed E-state index contributed by atoms with van der Waals surface area (Å²) in [5.74, 6) is 0.537. The van der Waals surface area contributed by atoms with Crippen LogP contribution in [0.3, 0.4) is 0 Å². The third-order valence-electron chi connectivity index (χ3n) is 4.26. The predicted molar refractivity (Wildman–Crippen MR) is 98.4 cm³/mol. The quantitative estimate of drug-likeness (QED) is 0.704. The van der Waals surface area contributed by atoms with Crippen LogP contribution < -0.4 is 16.0 Å². The fourth-order valence-corrected chi connectivity index (χ4v) is 3.01. The minimum Gasteiger partial charge on any atom is -0.381 e. The van der Waals surface area contributed by atoms with Crippen molar-refractivity contribution in [2.75, 3.05) is 16.0 Å².